The maximum Gasteiger partial charge on any atom is 0.244 e. The highest BCUT2D eigenvalue weighted by Crippen LogP contribution is 2.17. The summed E-state index contributed by atoms with van der Waals surface area (Å²) in [7, 11) is 0. The van der Waals surface area contributed by atoms with Gasteiger partial charge in [-0.3, -0.25) is 9.78 Å². The molecule has 3 heteroatoms. The molecule has 2 rings (SSSR count). The molecule has 1 aromatic heterocycles. The summed E-state index contributed by atoms with van der Waals surface area (Å²) in [6.07, 6.45) is 12.9. The lowest BCUT2D eigenvalue weighted by Gasteiger charge is -2.21. The fourth-order valence-electron chi connectivity index (χ4n) is 2.14. The fourth-order valence-corrected chi connectivity index (χ4v) is 2.14. The molecule has 0 radical (unpaired) electrons. The molecule has 1 aromatic rings. The summed E-state index contributed by atoms with van der Waals surface area (Å²) in [6.45, 7) is 0. The van der Waals surface area contributed by atoms with E-state index in [9.17, 15) is 4.79 Å². The Morgan fingerprint density at radius 1 is 1.35 bits per heavy atom. The van der Waals surface area contributed by atoms with Crippen LogP contribution in [0.2, 0.25) is 0 Å². The molecule has 3 nitrogen and oxygen atoms in total. The van der Waals surface area contributed by atoms with Gasteiger partial charge in [-0.2, -0.15) is 0 Å². The van der Waals surface area contributed by atoms with Gasteiger partial charge < -0.3 is 5.32 Å². The number of nitrogens with zero attached hydrogens (tertiary/aromatic N) is 1. The van der Waals surface area contributed by atoms with Crippen LogP contribution in [0.3, 0.4) is 0 Å². The first-order valence-electron chi connectivity index (χ1n) is 6.23. The van der Waals surface area contributed by atoms with E-state index in [0.29, 0.717) is 6.04 Å². The molecule has 17 heavy (non-hydrogen) atoms. The van der Waals surface area contributed by atoms with Crippen molar-refractivity contribution >= 4 is 12.0 Å². The lowest BCUT2D eigenvalue weighted by molar-refractivity contribution is -0.117. The maximum absolute atomic E-state index is 11.7. The van der Waals surface area contributed by atoms with E-state index in [2.05, 4.69) is 10.3 Å². The number of nitrogens with one attached hydrogen (secondary N) is 1. The second-order valence-corrected chi connectivity index (χ2v) is 4.46. The first kappa shape index (κ1) is 11.8. The van der Waals surface area contributed by atoms with E-state index in [1.807, 2.05) is 12.1 Å². The molecule has 1 aliphatic carbocycles. The minimum Gasteiger partial charge on any atom is -0.350 e. The number of hydrogen-bond acceptors (Lipinski definition) is 2. The van der Waals surface area contributed by atoms with Crippen LogP contribution in [0.1, 0.15) is 37.7 Å². The van der Waals surface area contributed by atoms with Crippen molar-refractivity contribution in [3.8, 4) is 0 Å². The van der Waals surface area contributed by atoms with E-state index in [0.717, 1.165) is 18.4 Å². The summed E-state index contributed by atoms with van der Waals surface area (Å²) in [5.74, 6) is 0.000697. The minimum atomic E-state index is 0.000697. The molecule has 0 unspecified atom stereocenters. The zero-order chi connectivity index (χ0) is 11.9. The van der Waals surface area contributed by atoms with Crippen LogP contribution in [0.4, 0.5) is 0 Å². The molecule has 0 spiro atoms. The normalized spacial score (nSPS) is 17.2. The van der Waals surface area contributed by atoms with Gasteiger partial charge >= 0.3 is 0 Å². The van der Waals surface area contributed by atoms with Gasteiger partial charge in [-0.25, -0.2) is 0 Å². The molecule has 1 amide bonds. The third-order valence-corrected chi connectivity index (χ3v) is 3.06. The number of carbonyl (C=O) groups is 1. The minimum absolute atomic E-state index is 0.000697. The standard InChI is InChI=1S/C14H18N2O/c17-14(16-13-6-2-1-3-7-13)9-8-12-5-4-10-15-11-12/h4-5,8-11,13H,1-3,6-7H2,(H,16,17). The smallest absolute Gasteiger partial charge is 0.244 e. The van der Waals surface area contributed by atoms with Gasteiger partial charge in [0, 0.05) is 24.5 Å². The van der Waals surface area contributed by atoms with E-state index in [4.69, 9.17) is 0 Å². The SMILES string of the molecule is O=C(C=Cc1cccnc1)NC1CCCCC1. The first-order valence-corrected chi connectivity index (χ1v) is 6.23. The van der Waals surface area contributed by atoms with Crippen molar-refractivity contribution in [2.24, 2.45) is 0 Å². The second-order valence-electron chi connectivity index (χ2n) is 4.46. The van der Waals surface area contributed by atoms with E-state index in [1.165, 1.54) is 19.3 Å². The van der Waals surface area contributed by atoms with Crippen LogP contribution in [0, 0.1) is 0 Å². The van der Waals surface area contributed by atoms with Crippen LogP contribution in [0.25, 0.3) is 6.08 Å². The molecular formula is C14H18N2O. The summed E-state index contributed by atoms with van der Waals surface area (Å²) >= 11 is 0. The van der Waals surface area contributed by atoms with E-state index < -0.39 is 0 Å². The largest absolute Gasteiger partial charge is 0.350 e. The van der Waals surface area contributed by atoms with Crippen molar-refractivity contribution in [2.45, 2.75) is 38.1 Å². The third kappa shape index (κ3) is 4.02. The van der Waals surface area contributed by atoms with Crippen molar-refractivity contribution in [1.82, 2.24) is 10.3 Å². The van der Waals surface area contributed by atoms with Crippen molar-refractivity contribution in [3.05, 3.63) is 36.2 Å². The van der Waals surface area contributed by atoms with Crippen LogP contribution in [-0.4, -0.2) is 16.9 Å². The monoisotopic (exact) mass is 230 g/mol. The van der Waals surface area contributed by atoms with Gasteiger partial charge in [-0.1, -0.05) is 25.3 Å². The Labute approximate surface area is 102 Å². The number of rotatable bonds is 3. The topological polar surface area (TPSA) is 42.0 Å². The Kier molecular flexibility index (Phi) is 4.30. The van der Waals surface area contributed by atoms with Crippen molar-refractivity contribution in [2.75, 3.05) is 0 Å². The van der Waals surface area contributed by atoms with Crippen LogP contribution in [0.5, 0.6) is 0 Å². The predicted molar refractivity (Wildman–Crippen MR) is 68.3 cm³/mol. The Morgan fingerprint density at radius 3 is 2.88 bits per heavy atom. The number of aromatic nitrogens is 1. The molecule has 90 valence electrons. The van der Waals surface area contributed by atoms with Crippen LogP contribution >= 0.6 is 0 Å². The predicted octanol–water partition coefficient (Wildman–Crippen LogP) is 2.54. The number of hydrogen-bond donors (Lipinski definition) is 1. The number of pyridine rings is 1. The lowest BCUT2D eigenvalue weighted by Crippen LogP contribution is -2.34. The molecule has 0 bridgehead atoms. The number of carbonyl (C=O) groups excluding carboxylic acids is 1. The summed E-state index contributed by atoms with van der Waals surface area (Å²) in [5.41, 5.74) is 0.950. The molecule has 1 fully saturated rings. The Morgan fingerprint density at radius 2 is 2.18 bits per heavy atom. The quantitative estimate of drug-likeness (QED) is 0.811. The average Bonchev–Trinajstić information content (AvgIpc) is 2.39. The third-order valence-electron chi connectivity index (χ3n) is 3.06. The zero-order valence-corrected chi connectivity index (χ0v) is 9.93. The highest BCUT2D eigenvalue weighted by atomic mass is 16.1. The molecule has 0 atom stereocenters. The van der Waals surface area contributed by atoms with Gasteiger partial charge in [-0.05, 0) is 30.5 Å². The molecular weight excluding hydrogens is 212 g/mol. The van der Waals surface area contributed by atoms with Gasteiger partial charge in [0.05, 0.1) is 0 Å². The molecule has 0 saturated heterocycles. The summed E-state index contributed by atoms with van der Waals surface area (Å²) in [5, 5.41) is 3.04. The summed E-state index contributed by atoms with van der Waals surface area (Å²) in [4.78, 5) is 15.7. The summed E-state index contributed by atoms with van der Waals surface area (Å²) < 4.78 is 0. The molecule has 0 aliphatic heterocycles. The van der Waals surface area contributed by atoms with E-state index in [1.54, 1.807) is 24.5 Å². The van der Waals surface area contributed by atoms with E-state index in [-0.39, 0.29) is 5.91 Å². The molecule has 1 heterocycles. The summed E-state index contributed by atoms with van der Waals surface area (Å²) in [6, 6.07) is 4.16. The van der Waals surface area contributed by atoms with E-state index >= 15 is 0 Å². The fraction of sp³-hybridized carbons (Fsp3) is 0.429. The molecule has 1 saturated carbocycles. The zero-order valence-electron chi connectivity index (χ0n) is 9.93. The van der Waals surface area contributed by atoms with Crippen LogP contribution in [0.15, 0.2) is 30.6 Å². The highest BCUT2D eigenvalue weighted by molar-refractivity contribution is 5.91. The van der Waals surface area contributed by atoms with Gasteiger partial charge in [0.15, 0.2) is 0 Å². The van der Waals surface area contributed by atoms with Gasteiger partial charge in [0.25, 0.3) is 0 Å². The van der Waals surface area contributed by atoms with Gasteiger partial charge in [0.1, 0.15) is 0 Å². The molecule has 0 aromatic carbocycles. The maximum atomic E-state index is 11.7. The van der Waals surface area contributed by atoms with Crippen LogP contribution < -0.4 is 5.32 Å². The Balaban J connectivity index is 1.82. The van der Waals surface area contributed by atoms with Gasteiger partial charge in [0.2, 0.25) is 5.91 Å². The molecule has 1 N–H and O–H groups in total. The first-order chi connectivity index (χ1) is 8.34. The van der Waals surface area contributed by atoms with Crippen molar-refractivity contribution < 1.29 is 4.79 Å². The van der Waals surface area contributed by atoms with Crippen LogP contribution in [-0.2, 0) is 4.79 Å². The second kappa shape index (κ2) is 6.18. The highest BCUT2D eigenvalue weighted by Gasteiger charge is 2.13. The average molecular weight is 230 g/mol. The van der Waals surface area contributed by atoms with Gasteiger partial charge in [-0.15, -0.1) is 0 Å². The lowest BCUT2D eigenvalue weighted by atomic mass is 9.95. The Hall–Kier alpha value is -1.64. The Bertz CT molecular complexity index is 380. The molecule has 1 aliphatic rings. The van der Waals surface area contributed by atoms with Crippen molar-refractivity contribution in [3.63, 3.8) is 0 Å². The number of amides is 1. The van der Waals surface area contributed by atoms with Crippen molar-refractivity contribution in [1.29, 1.82) is 0 Å².